The summed E-state index contributed by atoms with van der Waals surface area (Å²) in [6, 6.07) is 10.7. The Kier molecular flexibility index (Phi) is 4.61. The van der Waals surface area contributed by atoms with Crippen molar-refractivity contribution in [3.63, 3.8) is 0 Å². The molecule has 1 aromatic carbocycles. The molecular formula is C14H9ClN2O2S. The third-order valence-electron chi connectivity index (χ3n) is 2.47. The Morgan fingerprint density at radius 1 is 1.35 bits per heavy atom. The fourth-order valence-electron chi connectivity index (χ4n) is 1.54. The molecule has 0 radical (unpaired) electrons. The second kappa shape index (κ2) is 6.42. The van der Waals surface area contributed by atoms with Crippen LogP contribution in [0.25, 0.3) is 0 Å². The first-order chi connectivity index (χ1) is 9.60. The Morgan fingerprint density at radius 2 is 2.05 bits per heavy atom. The van der Waals surface area contributed by atoms with Crippen LogP contribution >= 0.6 is 23.4 Å². The molecule has 0 atom stereocenters. The van der Waals surface area contributed by atoms with Crippen LogP contribution in [0.15, 0.2) is 46.5 Å². The van der Waals surface area contributed by atoms with Crippen molar-refractivity contribution in [1.82, 2.24) is 4.98 Å². The van der Waals surface area contributed by atoms with E-state index in [1.54, 1.807) is 30.3 Å². The van der Waals surface area contributed by atoms with E-state index in [0.717, 1.165) is 10.5 Å². The Bertz CT molecular complexity index is 681. The van der Waals surface area contributed by atoms with Crippen LogP contribution in [0.3, 0.4) is 0 Å². The molecule has 20 heavy (non-hydrogen) atoms. The van der Waals surface area contributed by atoms with Crippen molar-refractivity contribution < 1.29 is 9.90 Å². The number of benzene rings is 1. The van der Waals surface area contributed by atoms with Gasteiger partial charge in [0, 0.05) is 11.1 Å². The second-order valence-corrected chi connectivity index (χ2v) is 5.35. The van der Waals surface area contributed by atoms with Gasteiger partial charge in [-0.05, 0) is 23.8 Å². The molecule has 0 unspecified atom stereocenters. The summed E-state index contributed by atoms with van der Waals surface area (Å²) in [5, 5.41) is 18.5. The van der Waals surface area contributed by atoms with Crippen molar-refractivity contribution in [3.05, 3.63) is 52.7 Å². The first kappa shape index (κ1) is 14.4. The molecule has 0 saturated heterocycles. The maximum Gasteiger partial charge on any atom is 0.307 e. The molecule has 0 amide bonds. The van der Waals surface area contributed by atoms with E-state index in [9.17, 15) is 4.79 Å². The highest BCUT2D eigenvalue weighted by atomic mass is 35.5. The number of carboxylic acids is 1. The minimum atomic E-state index is -0.864. The number of hydrogen-bond donors (Lipinski definition) is 1. The summed E-state index contributed by atoms with van der Waals surface area (Å²) < 4.78 is 0. The Morgan fingerprint density at radius 3 is 2.65 bits per heavy atom. The molecule has 1 N–H and O–H groups in total. The van der Waals surface area contributed by atoms with E-state index in [1.165, 1.54) is 18.0 Å². The highest BCUT2D eigenvalue weighted by Crippen LogP contribution is 2.33. The maximum atomic E-state index is 10.6. The average Bonchev–Trinajstić information content (AvgIpc) is 2.43. The highest BCUT2D eigenvalue weighted by molar-refractivity contribution is 7.99. The predicted molar refractivity (Wildman–Crippen MR) is 75.9 cm³/mol. The van der Waals surface area contributed by atoms with Crippen molar-refractivity contribution in [3.8, 4) is 6.07 Å². The third-order valence-corrected chi connectivity index (χ3v) is 3.98. The molecule has 4 nitrogen and oxygen atoms in total. The van der Waals surface area contributed by atoms with Crippen LogP contribution in [-0.4, -0.2) is 16.1 Å². The number of pyridine rings is 1. The zero-order valence-electron chi connectivity index (χ0n) is 10.2. The normalized spacial score (nSPS) is 10.0. The predicted octanol–water partition coefficient (Wildman–Crippen LogP) is 3.38. The van der Waals surface area contributed by atoms with Gasteiger partial charge in [-0.25, -0.2) is 4.98 Å². The van der Waals surface area contributed by atoms with Crippen LogP contribution in [-0.2, 0) is 11.2 Å². The number of aliphatic carboxylic acids is 1. The van der Waals surface area contributed by atoms with Crippen molar-refractivity contribution >= 4 is 29.3 Å². The molecule has 0 saturated carbocycles. The van der Waals surface area contributed by atoms with Gasteiger partial charge in [-0.1, -0.05) is 35.5 Å². The lowest BCUT2D eigenvalue weighted by Crippen LogP contribution is -1.99. The molecular weight excluding hydrogens is 296 g/mol. The largest absolute Gasteiger partial charge is 0.481 e. The van der Waals surface area contributed by atoms with Gasteiger partial charge in [0.25, 0.3) is 0 Å². The van der Waals surface area contributed by atoms with Crippen LogP contribution in [0.4, 0.5) is 0 Å². The second-order valence-electron chi connectivity index (χ2n) is 3.91. The molecule has 0 spiro atoms. The number of aromatic nitrogens is 1. The van der Waals surface area contributed by atoms with Crippen molar-refractivity contribution in [2.45, 2.75) is 16.3 Å². The summed E-state index contributed by atoms with van der Waals surface area (Å²) in [5.74, 6) is -0.864. The molecule has 6 heteroatoms. The number of halogens is 1. The number of nitriles is 1. The summed E-state index contributed by atoms with van der Waals surface area (Å²) in [6.45, 7) is 0. The molecule has 0 fully saturated rings. The van der Waals surface area contributed by atoms with Crippen LogP contribution in [0.2, 0.25) is 5.02 Å². The van der Waals surface area contributed by atoms with E-state index >= 15 is 0 Å². The van der Waals surface area contributed by atoms with Gasteiger partial charge < -0.3 is 5.11 Å². The van der Waals surface area contributed by atoms with E-state index in [1.807, 2.05) is 6.07 Å². The molecule has 2 rings (SSSR count). The Labute approximate surface area is 125 Å². The number of carbonyl (C=O) groups is 1. The van der Waals surface area contributed by atoms with E-state index < -0.39 is 5.97 Å². The zero-order valence-corrected chi connectivity index (χ0v) is 11.8. The van der Waals surface area contributed by atoms with Gasteiger partial charge in [0.2, 0.25) is 0 Å². The lowest BCUT2D eigenvalue weighted by atomic mass is 10.2. The summed E-state index contributed by atoms with van der Waals surface area (Å²) in [7, 11) is 0. The fraction of sp³-hybridized carbons (Fsp3) is 0.0714. The third kappa shape index (κ3) is 3.50. The highest BCUT2D eigenvalue weighted by Gasteiger charge is 2.09. The number of nitrogens with zero attached hydrogens (tertiary/aromatic N) is 2. The molecule has 100 valence electrons. The van der Waals surface area contributed by atoms with Gasteiger partial charge in [-0.3, -0.25) is 4.79 Å². The topological polar surface area (TPSA) is 74.0 Å². The van der Waals surface area contributed by atoms with E-state index in [2.05, 4.69) is 4.98 Å². The summed E-state index contributed by atoms with van der Waals surface area (Å²) in [5.41, 5.74) is 1.11. The van der Waals surface area contributed by atoms with Gasteiger partial charge in [0.05, 0.1) is 17.0 Å². The van der Waals surface area contributed by atoms with Crippen LogP contribution in [0.5, 0.6) is 0 Å². The summed E-state index contributed by atoms with van der Waals surface area (Å²) in [4.78, 5) is 15.6. The molecule has 0 aliphatic heterocycles. The quantitative estimate of drug-likeness (QED) is 0.937. The van der Waals surface area contributed by atoms with E-state index in [4.69, 9.17) is 22.0 Å². The summed E-state index contributed by atoms with van der Waals surface area (Å²) >= 11 is 7.41. The lowest BCUT2D eigenvalue weighted by Gasteiger charge is -2.05. The minimum absolute atomic E-state index is 0.00608. The SMILES string of the molecule is N#Cc1ccnc(Sc2ccc(CC(=O)O)cc2)c1Cl. The van der Waals surface area contributed by atoms with Gasteiger partial charge in [0.1, 0.15) is 11.1 Å². The Balaban J connectivity index is 2.19. The van der Waals surface area contributed by atoms with Crippen LogP contribution in [0.1, 0.15) is 11.1 Å². The van der Waals surface area contributed by atoms with Gasteiger partial charge in [-0.15, -0.1) is 0 Å². The molecule has 0 bridgehead atoms. The number of carboxylic acid groups (broad SMARTS) is 1. The molecule has 1 aromatic heterocycles. The maximum absolute atomic E-state index is 10.6. The molecule has 1 heterocycles. The molecule has 0 aliphatic carbocycles. The van der Waals surface area contributed by atoms with Crippen molar-refractivity contribution in [1.29, 1.82) is 5.26 Å². The first-order valence-corrected chi connectivity index (χ1v) is 6.83. The Hall–Kier alpha value is -2.03. The van der Waals surface area contributed by atoms with E-state index in [-0.39, 0.29) is 6.42 Å². The summed E-state index contributed by atoms with van der Waals surface area (Å²) in [6.07, 6.45) is 1.53. The lowest BCUT2D eigenvalue weighted by molar-refractivity contribution is -0.136. The first-order valence-electron chi connectivity index (χ1n) is 5.63. The smallest absolute Gasteiger partial charge is 0.307 e. The van der Waals surface area contributed by atoms with Crippen LogP contribution < -0.4 is 0 Å². The average molecular weight is 305 g/mol. The van der Waals surface area contributed by atoms with Crippen molar-refractivity contribution in [2.75, 3.05) is 0 Å². The monoisotopic (exact) mass is 304 g/mol. The minimum Gasteiger partial charge on any atom is -0.481 e. The molecule has 0 aliphatic rings. The number of hydrogen-bond acceptors (Lipinski definition) is 4. The standard InChI is InChI=1S/C14H9ClN2O2S/c15-13-10(8-16)5-6-17-14(13)20-11-3-1-9(2-4-11)7-12(18)19/h1-6H,7H2,(H,18,19). The van der Waals surface area contributed by atoms with Crippen molar-refractivity contribution in [2.24, 2.45) is 0 Å². The van der Waals surface area contributed by atoms with E-state index in [0.29, 0.717) is 15.6 Å². The van der Waals surface area contributed by atoms with Gasteiger partial charge >= 0.3 is 5.97 Å². The number of rotatable bonds is 4. The van der Waals surface area contributed by atoms with Gasteiger partial charge in [-0.2, -0.15) is 5.26 Å². The van der Waals surface area contributed by atoms with Gasteiger partial charge in [0.15, 0.2) is 0 Å². The fourth-order valence-corrected chi connectivity index (χ4v) is 2.62. The zero-order chi connectivity index (χ0) is 14.5. The van der Waals surface area contributed by atoms with Crippen LogP contribution in [0, 0.1) is 11.3 Å². The molecule has 2 aromatic rings.